The minimum absolute atomic E-state index is 0.0133. The molecule has 0 bridgehead atoms. The topological polar surface area (TPSA) is 81.2 Å². The van der Waals surface area contributed by atoms with Crippen LogP contribution in [0.5, 0.6) is 0 Å². The Morgan fingerprint density at radius 2 is 2.11 bits per heavy atom. The van der Waals surface area contributed by atoms with Crippen molar-refractivity contribution in [2.45, 2.75) is 58.0 Å². The average molecular weight is 251 g/mol. The number of carbonyl (C=O) groups excluding carboxylic acids is 1. The van der Waals surface area contributed by atoms with Crippen molar-refractivity contribution < 1.29 is 9.32 Å². The van der Waals surface area contributed by atoms with Gasteiger partial charge in [0.05, 0.1) is 5.69 Å². The molecule has 5 nitrogen and oxygen atoms in total. The molecule has 1 aliphatic rings. The third-order valence-corrected chi connectivity index (χ3v) is 3.76. The normalized spacial score (nSPS) is 17.9. The van der Waals surface area contributed by atoms with Gasteiger partial charge in [-0.25, -0.2) is 0 Å². The number of hydrogen-bond donors (Lipinski definition) is 2. The SMILES string of the molecule is Cc1noc(C)c1CNC(=O)CC1(N)CCCC1. The fourth-order valence-electron chi connectivity index (χ4n) is 2.58. The lowest BCUT2D eigenvalue weighted by Crippen LogP contribution is -2.42. The van der Waals surface area contributed by atoms with Gasteiger partial charge in [-0.3, -0.25) is 4.79 Å². The number of nitrogens with two attached hydrogens (primary N) is 1. The van der Waals surface area contributed by atoms with Crippen LogP contribution in [-0.2, 0) is 11.3 Å². The van der Waals surface area contributed by atoms with Crippen LogP contribution in [0.2, 0.25) is 0 Å². The van der Waals surface area contributed by atoms with Gasteiger partial charge in [0.25, 0.3) is 0 Å². The van der Waals surface area contributed by atoms with Gasteiger partial charge in [0, 0.05) is 24.1 Å². The molecule has 1 aliphatic carbocycles. The van der Waals surface area contributed by atoms with E-state index in [-0.39, 0.29) is 11.4 Å². The van der Waals surface area contributed by atoms with Crippen LogP contribution < -0.4 is 11.1 Å². The molecule has 1 saturated carbocycles. The molecule has 0 saturated heterocycles. The van der Waals surface area contributed by atoms with E-state index in [1.807, 2.05) is 13.8 Å². The second-order valence-electron chi connectivity index (χ2n) is 5.33. The highest BCUT2D eigenvalue weighted by Crippen LogP contribution is 2.29. The highest BCUT2D eigenvalue weighted by atomic mass is 16.5. The second kappa shape index (κ2) is 5.10. The summed E-state index contributed by atoms with van der Waals surface area (Å²) in [5.74, 6) is 0.774. The van der Waals surface area contributed by atoms with Crippen LogP contribution in [0.1, 0.15) is 49.1 Å². The van der Waals surface area contributed by atoms with Gasteiger partial charge in [0.1, 0.15) is 5.76 Å². The van der Waals surface area contributed by atoms with Gasteiger partial charge in [-0.05, 0) is 26.7 Å². The van der Waals surface area contributed by atoms with E-state index in [0.717, 1.165) is 42.7 Å². The fraction of sp³-hybridized carbons (Fsp3) is 0.692. The molecular formula is C13H21N3O2. The molecule has 1 aromatic heterocycles. The number of rotatable bonds is 4. The Morgan fingerprint density at radius 1 is 1.44 bits per heavy atom. The maximum Gasteiger partial charge on any atom is 0.222 e. The summed E-state index contributed by atoms with van der Waals surface area (Å²) in [4.78, 5) is 11.9. The Labute approximate surface area is 107 Å². The molecule has 0 atom stereocenters. The Morgan fingerprint density at radius 3 is 2.67 bits per heavy atom. The van der Waals surface area contributed by atoms with E-state index in [1.165, 1.54) is 0 Å². The average Bonchev–Trinajstić information content (AvgIpc) is 2.85. The lowest BCUT2D eigenvalue weighted by molar-refractivity contribution is -0.122. The summed E-state index contributed by atoms with van der Waals surface area (Å²) in [5, 5.41) is 6.76. The molecule has 1 heterocycles. The van der Waals surface area contributed by atoms with Crippen LogP contribution in [0.4, 0.5) is 0 Å². The molecule has 3 N–H and O–H groups in total. The number of nitrogens with one attached hydrogen (secondary N) is 1. The van der Waals surface area contributed by atoms with Crippen LogP contribution in [0, 0.1) is 13.8 Å². The lowest BCUT2D eigenvalue weighted by atomic mass is 9.94. The number of aryl methyl sites for hydroxylation is 2. The van der Waals surface area contributed by atoms with Crippen molar-refractivity contribution in [1.82, 2.24) is 10.5 Å². The van der Waals surface area contributed by atoms with Gasteiger partial charge in [-0.2, -0.15) is 0 Å². The fourth-order valence-corrected chi connectivity index (χ4v) is 2.58. The first-order chi connectivity index (χ1) is 8.50. The minimum atomic E-state index is -0.289. The predicted molar refractivity (Wildman–Crippen MR) is 67.8 cm³/mol. The zero-order chi connectivity index (χ0) is 13.2. The van der Waals surface area contributed by atoms with Crippen LogP contribution in [0.15, 0.2) is 4.52 Å². The van der Waals surface area contributed by atoms with E-state index < -0.39 is 0 Å². The van der Waals surface area contributed by atoms with Crippen molar-refractivity contribution in [2.24, 2.45) is 5.73 Å². The summed E-state index contributed by atoms with van der Waals surface area (Å²) in [6, 6.07) is 0. The van der Waals surface area contributed by atoms with Gasteiger partial charge in [-0.15, -0.1) is 0 Å². The number of carbonyl (C=O) groups is 1. The summed E-state index contributed by atoms with van der Waals surface area (Å²) >= 11 is 0. The van der Waals surface area contributed by atoms with E-state index in [0.29, 0.717) is 13.0 Å². The van der Waals surface area contributed by atoms with Crippen LogP contribution >= 0.6 is 0 Å². The molecule has 0 aliphatic heterocycles. The van der Waals surface area contributed by atoms with Crippen molar-refractivity contribution in [3.8, 4) is 0 Å². The maximum atomic E-state index is 11.9. The second-order valence-corrected chi connectivity index (χ2v) is 5.33. The van der Waals surface area contributed by atoms with Crippen LogP contribution in [0.3, 0.4) is 0 Å². The van der Waals surface area contributed by atoms with E-state index in [9.17, 15) is 4.79 Å². The molecule has 1 amide bonds. The van der Waals surface area contributed by atoms with Crippen molar-refractivity contribution in [1.29, 1.82) is 0 Å². The highest BCUT2D eigenvalue weighted by Gasteiger charge is 2.31. The molecule has 0 radical (unpaired) electrons. The summed E-state index contributed by atoms with van der Waals surface area (Å²) in [7, 11) is 0. The summed E-state index contributed by atoms with van der Waals surface area (Å²) in [6.45, 7) is 4.19. The van der Waals surface area contributed by atoms with E-state index in [1.54, 1.807) is 0 Å². The standard InChI is InChI=1S/C13H21N3O2/c1-9-11(10(2)18-16-9)8-15-12(17)7-13(14)5-3-4-6-13/h3-8,14H2,1-2H3,(H,15,17). The van der Waals surface area contributed by atoms with Gasteiger partial charge in [-0.1, -0.05) is 18.0 Å². The van der Waals surface area contributed by atoms with E-state index in [2.05, 4.69) is 10.5 Å². The lowest BCUT2D eigenvalue weighted by Gasteiger charge is -2.22. The first-order valence-corrected chi connectivity index (χ1v) is 6.47. The molecule has 0 unspecified atom stereocenters. The van der Waals surface area contributed by atoms with E-state index >= 15 is 0 Å². The van der Waals surface area contributed by atoms with Gasteiger partial charge < -0.3 is 15.6 Å². The third-order valence-electron chi connectivity index (χ3n) is 3.76. The molecule has 0 spiro atoms. The van der Waals surface area contributed by atoms with Crippen molar-refractivity contribution in [2.75, 3.05) is 0 Å². The third kappa shape index (κ3) is 2.90. The summed E-state index contributed by atoms with van der Waals surface area (Å²) < 4.78 is 5.05. The molecule has 100 valence electrons. The highest BCUT2D eigenvalue weighted by molar-refractivity contribution is 5.77. The van der Waals surface area contributed by atoms with Crippen LogP contribution in [-0.4, -0.2) is 16.6 Å². The Kier molecular flexibility index (Phi) is 3.71. The van der Waals surface area contributed by atoms with Crippen molar-refractivity contribution in [3.05, 3.63) is 17.0 Å². The number of aromatic nitrogens is 1. The maximum absolute atomic E-state index is 11.9. The Bertz CT molecular complexity index is 414. The molecule has 18 heavy (non-hydrogen) atoms. The Balaban J connectivity index is 1.85. The largest absolute Gasteiger partial charge is 0.361 e. The minimum Gasteiger partial charge on any atom is -0.361 e. The molecular weight excluding hydrogens is 230 g/mol. The molecule has 5 heteroatoms. The number of hydrogen-bond acceptors (Lipinski definition) is 4. The zero-order valence-electron chi connectivity index (χ0n) is 11.1. The van der Waals surface area contributed by atoms with Gasteiger partial charge >= 0.3 is 0 Å². The first-order valence-electron chi connectivity index (χ1n) is 6.47. The van der Waals surface area contributed by atoms with Crippen molar-refractivity contribution >= 4 is 5.91 Å². The molecule has 2 rings (SSSR count). The molecule has 0 aromatic carbocycles. The Hall–Kier alpha value is -1.36. The quantitative estimate of drug-likeness (QED) is 0.851. The van der Waals surface area contributed by atoms with Gasteiger partial charge in [0.15, 0.2) is 0 Å². The predicted octanol–water partition coefficient (Wildman–Crippen LogP) is 1.57. The monoisotopic (exact) mass is 251 g/mol. The number of amides is 1. The zero-order valence-corrected chi connectivity index (χ0v) is 11.1. The summed E-state index contributed by atoms with van der Waals surface area (Å²) in [5.41, 5.74) is 7.68. The van der Waals surface area contributed by atoms with Crippen molar-refractivity contribution in [3.63, 3.8) is 0 Å². The first kappa shape index (κ1) is 13.1. The van der Waals surface area contributed by atoms with E-state index in [4.69, 9.17) is 10.3 Å². The van der Waals surface area contributed by atoms with Crippen LogP contribution in [0.25, 0.3) is 0 Å². The summed E-state index contributed by atoms with van der Waals surface area (Å²) in [6.07, 6.45) is 4.58. The van der Waals surface area contributed by atoms with Gasteiger partial charge in [0.2, 0.25) is 5.91 Å². The molecule has 1 aromatic rings. The smallest absolute Gasteiger partial charge is 0.222 e. The number of nitrogens with zero attached hydrogens (tertiary/aromatic N) is 1. The molecule has 1 fully saturated rings.